The first kappa shape index (κ1) is 15.5. The van der Waals surface area contributed by atoms with Crippen molar-refractivity contribution in [1.29, 1.82) is 0 Å². The van der Waals surface area contributed by atoms with E-state index in [1.165, 1.54) is 22.6 Å². The molecule has 0 saturated carbocycles. The van der Waals surface area contributed by atoms with E-state index in [2.05, 4.69) is 31.3 Å². The lowest BCUT2D eigenvalue weighted by Crippen LogP contribution is -3.07. The predicted octanol–water partition coefficient (Wildman–Crippen LogP) is 2.70. The van der Waals surface area contributed by atoms with Gasteiger partial charge < -0.3 is 9.64 Å². The Kier molecular flexibility index (Phi) is 6.22. The zero-order valence-corrected chi connectivity index (χ0v) is 12.5. The predicted molar refractivity (Wildman–Crippen MR) is 83.0 cm³/mol. The molecule has 2 aromatic carbocycles. The topological polar surface area (TPSA) is 13.7 Å². The lowest BCUT2D eigenvalue weighted by Gasteiger charge is -2.14. The van der Waals surface area contributed by atoms with E-state index in [0.29, 0.717) is 6.61 Å². The Morgan fingerprint density at radius 3 is 2.38 bits per heavy atom. The van der Waals surface area contributed by atoms with Gasteiger partial charge in [-0.3, -0.25) is 0 Å². The van der Waals surface area contributed by atoms with E-state index in [0.717, 1.165) is 31.7 Å². The average Bonchev–Trinajstić information content (AvgIpc) is 2.50. The lowest BCUT2D eigenvalue weighted by molar-refractivity contribution is -0.894. The SMILES string of the molecule is C[NH+](CCCCOc1ccc(F)cc1)Cc1ccccc1. The number of halogens is 1. The minimum absolute atomic E-state index is 0.228. The van der Waals surface area contributed by atoms with E-state index in [4.69, 9.17) is 4.74 Å². The number of quaternary nitrogens is 1. The summed E-state index contributed by atoms with van der Waals surface area (Å²) in [7, 11) is 2.22. The molecule has 2 aromatic rings. The van der Waals surface area contributed by atoms with Crippen LogP contribution in [-0.4, -0.2) is 20.2 Å². The fourth-order valence-corrected chi connectivity index (χ4v) is 2.28. The molecular formula is C18H23FNO+. The molecule has 0 aliphatic carbocycles. The molecule has 2 rings (SSSR count). The molecule has 1 atom stereocenters. The number of hydrogen-bond acceptors (Lipinski definition) is 1. The molecule has 0 aromatic heterocycles. The van der Waals surface area contributed by atoms with E-state index in [9.17, 15) is 4.39 Å². The van der Waals surface area contributed by atoms with Crippen LogP contribution in [0.1, 0.15) is 18.4 Å². The molecule has 0 aliphatic rings. The van der Waals surface area contributed by atoms with Gasteiger partial charge in [-0.15, -0.1) is 0 Å². The maximum atomic E-state index is 12.7. The normalized spacial score (nSPS) is 12.1. The standard InChI is InChI=1S/C18H22FNO/c1-20(15-16-7-3-2-4-8-16)13-5-6-14-21-18-11-9-17(19)10-12-18/h2-4,7-12H,5-6,13-15H2,1H3/p+1. The number of hydrogen-bond donors (Lipinski definition) is 1. The minimum atomic E-state index is -0.228. The van der Waals surface area contributed by atoms with Gasteiger partial charge in [0, 0.05) is 5.56 Å². The third-order valence-corrected chi connectivity index (χ3v) is 3.43. The first-order chi connectivity index (χ1) is 10.2. The number of unbranched alkanes of at least 4 members (excludes halogenated alkanes) is 1. The van der Waals surface area contributed by atoms with Crippen LogP contribution in [0.2, 0.25) is 0 Å². The summed E-state index contributed by atoms with van der Waals surface area (Å²) in [6.07, 6.45) is 2.14. The van der Waals surface area contributed by atoms with Gasteiger partial charge in [-0.05, 0) is 37.1 Å². The highest BCUT2D eigenvalue weighted by molar-refractivity contribution is 5.21. The monoisotopic (exact) mass is 288 g/mol. The Morgan fingerprint density at radius 1 is 0.952 bits per heavy atom. The van der Waals surface area contributed by atoms with Crippen molar-refractivity contribution >= 4 is 0 Å². The van der Waals surface area contributed by atoms with Crippen molar-refractivity contribution in [1.82, 2.24) is 0 Å². The Labute approximate surface area is 126 Å². The lowest BCUT2D eigenvalue weighted by atomic mass is 10.2. The first-order valence-electron chi connectivity index (χ1n) is 7.47. The number of benzene rings is 2. The van der Waals surface area contributed by atoms with Crippen molar-refractivity contribution in [2.24, 2.45) is 0 Å². The Hall–Kier alpha value is -1.87. The molecular weight excluding hydrogens is 265 g/mol. The highest BCUT2D eigenvalue weighted by Gasteiger charge is 2.03. The van der Waals surface area contributed by atoms with Crippen molar-refractivity contribution < 1.29 is 14.0 Å². The van der Waals surface area contributed by atoms with Gasteiger partial charge in [-0.25, -0.2) is 4.39 Å². The molecule has 2 nitrogen and oxygen atoms in total. The zero-order chi connectivity index (χ0) is 14.9. The van der Waals surface area contributed by atoms with Crippen LogP contribution in [0.5, 0.6) is 5.75 Å². The summed E-state index contributed by atoms with van der Waals surface area (Å²) in [5.41, 5.74) is 1.37. The zero-order valence-electron chi connectivity index (χ0n) is 12.5. The van der Waals surface area contributed by atoms with Gasteiger partial charge in [-0.1, -0.05) is 30.3 Å². The van der Waals surface area contributed by atoms with Gasteiger partial charge in [0.1, 0.15) is 18.1 Å². The fourth-order valence-electron chi connectivity index (χ4n) is 2.28. The summed E-state index contributed by atoms with van der Waals surface area (Å²) < 4.78 is 18.3. The third kappa shape index (κ3) is 5.96. The van der Waals surface area contributed by atoms with Crippen molar-refractivity contribution in [3.63, 3.8) is 0 Å². The highest BCUT2D eigenvalue weighted by Crippen LogP contribution is 2.11. The molecule has 0 saturated heterocycles. The summed E-state index contributed by atoms with van der Waals surface area (Å²) in [5, 5.41) is 0. The van der Waals surface area contributed by atoms with E-state index in [1.54, 1.807) is 12.1 Å². The summed E-state index contributed by atoms with van der Waals surface area (Å²) >= 11 is 0. The van der Waals surface area contributed by atoms with E-state index < -0.39 is 0 Å². The molecule has 0 fully saturated rings. The van der Waals surface area contributed by atoms with Crippen molar-refractivity contribution in [2.45, 2.75) is 19.4 Å². The molecule has 0 spiro atoms. The smallest absolute Gasteiger partial charge is 0.123 e. The fraction of sp³-hybridized carbons (Fsp3) is 0.333. The summed E-state index contributed by atoms with van der Waals surface area (Å²) in [4.78, 5) is 1.50. The van der Waals surface area contributed by atoms with Crippen LogP contribution in [0.3, 0.4) is 0 Å². The minimum Gasteiger partial charge on any atom is -0.494 e. The molecule has 0 amide bonds. The summed E-state index contributed by atoms with van der Waals surface area (Å²) in [6.45, 7) is 2.87. The Bertz CT molecular complexity index is 513. The van der Waals surface area contributed by atoms with E-state index >= 15 is 0 Å². The van der Waals surface area contributed by atoms with Gasteiger partial charge in [0.15, 0.2) is 0 Å². The molecule has 0 heterocycles. The van der Waals surface area contributed by atoms with Crippen molar-refractivity contribution in [3.8, 4) is 5.75 Å². The molecule has 1 N–H and O–H groups in total. The van der Waals surface area contributed by atoms with Crippen LogP contribution in [0.15, 0.2) is 54.6 Å². The Morgan fingerprint density at radius 2 is 1.67 bits per heavy atom. The number of rotatable bonds is 8. The molecule has 1 unspecified atom stereocenters. The van der Waals surface area contributed by atoms with Gasteiger partial charge in [0.05, 0.1) is 20.2 Å². The maximum absolute atomic E-state index is 12.7. The second-order valence-electron chi connectivity index (χ2n) is 5.38. The first-order valence-corrected chi connectivity index (χ1v) is 7.47. The summed E-state index contributed by atoms with van der Waals surface area (Å²) in [5.74, 6) is 0.509. The van der Waals surface area contributed by atoms with Crippen LogP contribution >= 0.6 is 0 Å². The molecule has 21 heavy (non-hydrogen) atoms. The quantitative estimate of drug-likeness (QED) is 0.737. The van der Waals surface area contributed by atoms with Gasteiger partial charge >= 0.3 is 0 Å². The van der Waals surface area contributed by atoms with Gasteiger partial charge in [-0.2, -0.15) is 0 Å². The molecule has 0 aliphatic heterocycles. The van der Waals surface area contributed by atoms with Gasteiger partial charge in [0.2, 0.25) is 0 Å². The molecule has 0 radical (unpaired) electrons. The second-order valence-corrected chi connectivity index (χ2v) is 5.38. The van der Waals surface area contributed by atoms with Crippen LogP contribution in [0.4, 0.5) is 4.39 Å². The number of ether oxygens (including phenoxy) is 1. The van der Waals surface area contributed by atoms with Crippen LogP contribution in [0.25, 0.3) is 0 Å². The molecule has 112 valence electrons. The van der Waals surface area contributed by atoms with Crippen LogP contribution in [0, 0.1) is 5.82 Å². The maximum Gasteiger partial charge on any atom is 0.123 e. The third-order valence-electron chi connectivity index (χ3n) is 3.43. The second kappa shape index (κ2) is 8.42. The van der Waals surface area contributed by atoms with E-state index in [1.807, 2.05) is 6.07 Å². The average molecular weight is 288 g/mol. The largest absolute Gasteiger partial charge is 0.494 e. The van der Waals surface area contributed by atoms with Crippen molar-refractivity contribution in [2.75, 3.05) is 20.2 Å². The van der Waals surface area contributed by atoms with Gasteiger partial charge in [0.25, 0.3) is 0 Å². The van der Waals surface area contributed by atoms with Crippen LogP contribution < -0.4 is 9.64 Å². The number of nitrogens with one attached hydrogen (secondary N) is 1. The highest BCUT2D eigenvalue weighted by atomic mass is 19.1. The van der Waals surface area contributed by atoms with Crippen molar-refractivity contribution in [3.05, 3.63) is 66.0 Å². The van der Waals surface area contributed by atoms with Crippen LogP contribution in [-0.2, 0) is 6.54 Å². The Balaban J connectivity index is 1.58. The molecule has 0 bridgehead atoms. The summed E-state index contributed by atoms with van der Waals surface area (Å²) in [6, 6.07) is 16.7. The molecule has 3 heteroatoms. The van der Waals surface area contributed by atoms with E-state index in [-0.39, 0.29) is 5.82 Å².